The highest BCUT2D eigenvalue weighted by Gasteiger charge is 2.05. The first-order valence-electron chi connectivity index (χ1n) is 4.34. The van der Waals surface area contributed by atoms with E-state index in [2.05, 4.69) is 36.2 Å². The number of aromatic amines is 1. The Kier molecular flexibility index (Phi) is 1.81. The summed E-state index contributed by atoms with van der Waals surface area (Å²) in [5.74, 6) is 0. The summed E-state index contributed by atoms with van der Waals surface area (Å²) in [5.41, 5.74) is 2.63. The smallest absolute Gasteiger partial charge is 0.154 e. The van der Waals surface area contributed by atoms with Crippen molar-refractivity contribution in [3.8, 4) is 11.3 Å². The normalized spacial score (nSPS) is 11.0. The van der Waals surface area contributed by atoms with Crippen LogP contribution in [0.2, 0.25) is 0 Å². The van der Waals surface area contributed by atoms with Crippen molar-refractivity contribution in [2.24, 2.45) is 0 Å². The number of rotatable bonds is 1. The number of fused-ring (bicyclic) bond motifs is 1. The third-order valence-corrected chi connectivity index (χ3v) is 2.66. The number of nitrogens with zero attached hydrogens (tertiary/aromatic N) is 4. The summed E-state index contributed by atoms with van der Waals surface area (Å²) >= 11 is 3.38. The van der Waals surface area contributed by atoms with Crippen LogP contribution in [0.15, 0.2) is 35.3 Å². The number of hydrogen-bond acceptors (Lipinski definition) is 3. The van der Waals surface area contributed by atoms with Gasteiger partial charge in [-0.1, -0.05) is 0 Å². The highest BCUT2D eigenvalue weighted by molar-refractivity contribution is 9.10. The van der Waals surface area contributed by atoms with Gasteiger partial charge in [0, 0.05) is 11.8 Å². The van der Waals surface area contributed by atoms with Crippen LogP contribution in [0.5, 0.6) is 0 Å². The largest absolute Gasteiger partial charge is 0.285 e. The first-order valence-corrected chi connectivity index (χ1v) is 5.13. The molecule has 0 atom stereocenters. The molecule has 0 aliphatic carbocycles. The molecule has 3 rings (SSSR count). The molecule has 5 nitrogen and oxygen atoms in total. The molecule has 3 aromatic heterocycles. The highest BCUT2D eigenvalue weighted by Crippen LogP contribution is 2.17. The van der Waals surface area contributed by atoms with Gasteiger partial charge in [0.05, 0.1) is 18.1 Å². The van der Waals surface area contributed by atoms with Gasteiger partial charge in [-0.2, -0.15) is 10.2 Å². The molecule has 0 amide bonds. The Bertz CT molecular complexity index is 598. The summed E-state index contributed by atoms with van der Waals surface area (Å²) in [5, 5.41) is 11.1. The van der Waals surface area contributed by atoms with Crippen molar-refractivity contribution in [3.63, 3.8) is 0 Å². The van der Waals surface area contributed by atoms with E-state index in [-0.39, 0.29) is 0 Å². The highest BCUT2D eigenvalue weighted by atomic mass is 79.9. The Balaban J connectivity index is 2.25. The molecule has 0 spiro atoms. The minimum absolute atomic E-state index is 0.814. The molecule has 1 N–H and O–H groups in total. The molecule has 0 fully saturated rings. The zero-order valence-electron chi connectivity index (χ0n) is 7.55. The third kappa shape index (κ3) is 1.33. The molecule has 6 heteroatoms. The fourth-order valence-electron chi connectivity index (χ4n) is 1.39. The van der Waals surface area contributed by atoms with E-state index in [9.17, 15) is 0 Å². The van der Waals surface area contributed by atoms with E-state index in [1.807, 2.05) is 12.1 Å². The Morgan fingerprint density at radius 3 is 3.00 bits per heavy atom. The number of aromatic nitrogens is 5. The van der Waals surface area contributed by atoms with Gasteiger partial charge in [-0.3, -0.25) is 5.10 Å². The van der Waals surface area contributed by atoms with Crippen molar-refractivity contribution in [2.75, 3.05) is 0 Å². The van der Waals surface area contributed by atoms with E-state index in [0.717, 1.165) is 21.5 Å². The molecule has 0 bridgehead atoms. The molecular weight excluding hydrogens is 258 g/mol. The second-order valence-corrected chi connectivity index (χ2v) is 3.87. The zero-order chi connectivity index (χ0) is 10.3. The molecule has 0 saturated heterocycles. The summed E-state index contributed by atoms with van der Waals surface area (Å²) in [6.45, 7) is 0. The van der Waals surface area contributed by atoms with E-state index in [0.29, 0.717) is 0 Å². The fraction of sp³-hybridized carbons (Fsp3) is 0. The van der Waals surface area contributed by atoms with Gasteiger partial charge in [0.1, 0.15) is 4.60 Å². The molecule has 0 saturated carbocycles. The van der Waals surface area contributed by atoms with Gasteiger partial charge in [-0.25, -0.2) is 9.50 Å². The number of nitrogens with one attached hydrogen (secondary N) is 1. The molecule has 74 valence electrons. The lowest BCUT2D eigenvalue weighted by Crippen LogP contribution is -1.93. The van der Waals surface area contributed by atoms with Crippen LogP contribution in [0.25, 0.3) is 16.9 Å². The first-order chi connectivity index (χ1) is 7.34. The van der Waals surface area contributed by atoms with Crippen molar-refractivity contribution in [3.05, 3.63) is 35.3 Å². The van der Waals surface area contributed by atoms with Gasteiger partial charge in [0.2, 0.25) is 0 Å². The van der Waals surface area contributed by atoms with Crippen LogP contribution < -0.4 is 0 Å². The Morgan fingerprint density at radius 2 is 2.20 bits per heavy atom. The number of halogens is 1. The van der Waals surface area contributed by atoms with Crippen molar-refractivity contribution < 1.29 is 0 Å². The van der Waals surface area contributed by atoms with E-state index in [1.165, 1.54) is 0 Å². The predicted octanol–water partition coefficient (Wildman–Crippen LogP) is 1.88. The maximum absolute atomic E-state index is 4.42. The lowest BCUT2D eigenvalue weighted by molar-refractivity contribution is 0.922. The monoisotopic (exact) mass is 263 g/mol. The average Bonchev–Trinajstić information content (AvgIpc) is 2.88. The van der Waals surface area contributed by atoms with Crippen molar-refractivity contribution in [1.29, 1.82) is 0 Å². The Morgan fingerprint density at radius 1 is 1.27 bits per heavy atom. The van der Waals surface area contributed by atoms with Crippen LogP contribution in [-0.2, 0) is 0 Å². The van der Waals surface area contributed by atoms with Crippen molar-refractivity contribution in [2.45, 2.75) is 0 Å². The van der Waals surface area contributed by atoms with E-state index in [4.69, 9.17) is 0 Å². The second-order valence-electron chi connectivity index (χ2n) is 3.06. The number of H-pyrrole nitrogens is 1. The summed E-state index contributed by atoms with van der Waals surface area (Å²) in [7, 11) is 0. The average molecular weight is 264 g/mol. The maximum Gasteiger partial charge on any atom is 0.154 e. The molecule has 3 heterocycles. The molecule has 0 aliphatic heterocycles. The van der Waals surface area contributed by atoms with Crippen LogP contribution in [0.4, 0.5) is 0 Å². The molecule has 15 heavy (non-hydrogen) atoms. The van der Waals surface area contributed by atoms with Crippen molar-refractivity contribution >= 4 is 21.6 Å². The SMILES string of the molecule is Brc1cnc2ccc(-c3cn[nH]c3)nn12. The van der Waals surface area contributed by atoms with Gasteiger partial charge >= 0.3 is 0 Å². The van der Waals surface area contributed by atoms with Crippen LogP contribution in [0, 0.1) is 0 Å². The molecule has 0 unspecified atom stereocenters. The van der Waals surface area contributed by atoms with Gasteiger partial charge in [0.25, 0.3) is 0 Å². The Labute approximate surface area is 93.3 Å². The quantitative estimate of drug-likeness (QED) is 0.730. The molecule has 0 aliphatic rings. The number of hydrogen-bond donors (Lipinski definition) is 1. The fourth-order valence-corrected chi connectivity index (χ4v) is 1.75. The predicted molar refractivity (Wildman–Crippen MR) is 58.3 cm³/mol. The lowest BCUT2D eigenvalue weighted by atomic mass is 10.2. The summed E-state index contributed by atoms with van der Waals surface area (Å²) in [6, 6.07) is 3.83. The minimum Gasteiger partial charge on any atom is -0.285 e. The maximum atomic E-state index is 4.42. The lowest BCUT2D eigenvalue weighted by Gasteiger charge is -1.98. The van der Waals surface area contributed by atoms with Crippen LogP contribution in [-0.4, -0.2) is 24.8 Å². The van der Waals surface area contributed by atoms with Crippen LogP contribution in [0.3, 0.4) is 0 Å². The molecule has 3 aromatic rings. The zero-order valence-corrected chi connectivity index (χ0v) is 9.14. The Hall–Kier alpha value is -1.69. The van der Waals surface area contributed by atoms with Crippen LogP contribution in [0.1, 0.15) is 0 Å². The van der Waals surface area contributed by atoms with Crippen LogP contribution >= 0.6 is 15.9 Å². The van der Waals surface area contributed by atoms with E-state index >= 15 is 0 Å². The first kappa shape index (κ1) is 8.60. The van der Waals surface area contributed by atoms with Gasteiger partial charge < -0.3 is 0 Å². The van der Waals surface area contributed by atoms with E-state index in [1.54, 1.807) is 23.1 Å². The minimum atomic E-state index is 0.814. The third-order valence-electron chi connectivity index (χ3n) is 2.11. The molecule has 0 radical (unpaired) electrons. The van der Waals surface area contributed by atoms with Gasteiger partial charge in [0.15, 0.2) is 5.65 Å². The molecule has 0 aromatic carbocycles. The topological polar surface area (TPSA) is 58.9 Å². The number of imidazole rings is 1. The van der Waals surface area contributed by atoms with Gasteiger partial charge in [-0.15, -0.1) is 0 Å². The standard InChI is InChI=1S/C9H6BrN5/c10-8-5-11-9-2-1-7(14-15(8)9)6-3-12-13-4-6/h1-5H,(H,12,13). The second kappa shape index (κ2) is 3.16. The summed E-state index contributed by atoms with van der Waals surface area (Å²) in [6.07, 6.45) is 5.26. The van der Waals surface area contributed by atoms with Crippen molar-refractivity contribution in [1.82, 2.24) is 24.8 Å². The van der Waals surface area contributed by atoms with Gasteiger partial charge in [-0.05, 0) is 28.1 Å². The molecular formula is C9H6BrN5. The van der Waals surface area contributed by atoms with E-state index < -0.39 is 0 Å². The summed E-state index contributed by atoms with van der Waals surface area (Å²) < 4.78 is 2.57. The summed E-state index contributed by atoms with van der Waals surface area (Å²) in [4.78, 5) is 4.17.